The largest absolute Gasteiger partial charge is 0.466 e. The molecule has 2 rings (SSSR count). The van der Waals surface area contributed by atoms with Crippen molar-refractivity contribution in [1.29, 1.82) is 0 Å². The number of furan rings is 1. The third-order valence-electron chi connectivity index (χ3n) is 4.41. The molecular weight excluding hydrogens is 276 g/mol. The molecule has 1 heterocycles. The molecule has 20 heavy (non-hydrogen) atoms. The van der Waals surface area contributed by atoms with Gasteiger partial charge in [0.05, 0.1) is 10.8 Å². The van der Waals surface area contributed by atoms with Gasteiger partial charge in [-0.1, -0.05) is 6.42 Å². The lowest BCUT2D eigenvalue weighted by atomic mass is 9.82. The van der Waals surface area contributed by atoms with Crippen LogP contribution < -0.4 is 0 Å². The summed E-state index contributed by atoms with van der Waals surface area (Å²) in [6, 6.07) is 0. The first-order valence-corrected chi connectivity index (χ1v) is 8.97. The second-order valence-corrected chi connectivity index (χ2v) is 8.22. The lowest BCUT2D eigenvalue weighted by Gasteiger charge is -2.27. The van der Waals surface area contributed by atoms with Crippen molar-refractivity contribution in [3.63, 3.8) is 0 Å². The van der Waals surface area contributed by atoms with E-state index in [1.807, 2.05) is 13.8 Å². The number of rotatable bonds is 3. The molecule has 2 atom stereocenters. The molecule has 0 radical (unpaired) electrons. The van der Waals surface area contributed by atoms with Gasteiger partial charge in [-0.25, -0.2) is 8.42 Å². The van der Waals surface area contributed by atoms with Crippen molar-refractivity contribution >= 4 is 15.6 Å². The van der Waals surface area contributed by atoms with E-state index in [9.17, 15) is 13.2 Å². The highest BCUT2D eigenvalue weighted by Crippen LogP contribution is 2.33. The summed E-state index contributed by atoms with van der Waals surface area (Å²) in [4.78, 5) is 12.7. The lowest BCUT2D eigenvalue weighted by molar-refractivity contribution is 0.0889. The van der Waals surface area contributed by atoms with Crippen LogP contribution in [0.2, 0.25) is 0 Å². The van der Waals surface area contributed by atoms with Gasteiger partial charge in [0, 0.05) is 17.7 Å². The monoisotopic (exact) mass is 298 g/mol. The van der Waals surface area contributed by atoms with E-state index in [-0.39, 0.29) is 17.0 Å². The maximum atomic E-state index is 12.7. The zero-order chi connectivity index (χ0) is 15.1. The molecule has 0 aliphatic heterocycles. The zero-order valence-electron chi connectivity index (χ0n) is 12.5. The Kier molecular flexibility index (Phi) is 4.09. The highest BCUT2D eigenvalue weighted by atomic mass is 32.2. The fourth-order valence-electron chi connectivity index (χ4n) is 3.13. The van der Waals surface area contributed by atoms with E-state index in [1.54, 1.807) is 6.92 Å². The van der Waals surface area contributed by atoms with Gasteiger partial charge >= 0.3 is 0 Å². The molecule has 2 unspecified atom stereocenters. The van der Waals surface area contributed by atoms with Crippen molar-refractivity contribution in [2.45, 2.75) is 51.7 Å². The van der Waals surface area contributed by atoms with E-state index in [1.165, 1.54) is 6.26 Å². The molecule has 1 aliphatic rings. The Morgan fingerprint density at radius 2 is 1.80 bits per heavy atom. The number of ketones is 1. The zero-order valence-corrected chi connectivity index (χ0v) is 13.3. The van der Waals surface area contributed by atoms with Crippen LogP contribution in [0.5, 0.6) is 0 Å². The van der Waals surface area contributed by atoms with Crippen LogP contribution in [0.25, 0.3) is 0 Å². The van der Waals surface area contributed by atoms with E-state index < -0.39 is 9.84 Å². The quantitative estimate of drug-likeness (QED) is 0.805. The number of carbonyl (C=O) groups excluding carboxylic acids is 1. The highest BCUT2D eigenvalue weighted by molar-refractivity contribution is 7.91. The fraction of sp³-hybridized carbons (Fsp3) is 0.667. The smallest absolute Gasteiger partial charge is 0.169 e. The van der Waals surface area contributed by atoms with Crippen LogP contribution in [0, 0.1) is 26.7 Å². The van der Waals surface area contributed by atoms with Crippen molar-refractivity contribution in [2.75, 3.05) is 6.26 Å². The van der Waals surface area contributed by atoms with E-state index in [2.05, 4.69) is 0 Å². The number of hydrogen-bond acceptors (Lipinski definition) is 4. The standard InChI is InChI=1S/C15H22O4S/c1-9-10(2)19-11(3)14(9)15(16)12-6-5-7-13(8-12)20(4,17)18/h12-13H,5-8H2,1-4H3. The summed E-state index contributed by atoms with van der Waals surface area (Å²) in [5.41, 5.74) is 1.54. The summed E-state index contributed by atoms with van der Waals surface area (Å²) in [6.45, 7) is 5.53. The summed E-state index contributed by atoms with van der Waals surface area (Å²) in [6.07, 6.45) is 3.95. The topological polar surface area (TPSA) is 64.3 Å². The van der Waals surface area contributed by atoms with Gasteiger partial charge in [0.25, 0.3) is 0 Å². The molecule has 1 aromatic rings. The molecule has 0 spiro atoms. The van der Waals surface area contributed by atoms with Crippen LogP contribution in [0.3, 0.4) is 0 Å². The SMILES string of the molecule is Cc1oc(C)c(C(=O)C2CCCC(S(C)(=O)=O)C2)c1C. The molecule has 1 aromatic heterocycles. The predicted molar refractivity (Wildman–Crippen MR) is 77.8 cm³/mol. The highest BCUT2D eigenvalue weighted by Gasteiger charge is 2.34. The summed E-state index contributed by atoms with van der Waals surface area (Å²) >= 11 is 0. The van der Waals surface area contributed by atoms with Crippen LogP contribution >= 0.6 is 0 Å². The molecule has 0 aromatic carbocycles. The summed E-state index contributed by atoms with van der Waals surface area (Å²) in [5, 5.41) is -0.376. The first-order chi connectivity index (χ1) is 9.21. The van der Waals surface area contributed by atoms with Gasteiger partial charge in [-0.3, -0.25) is 4.79 Å². The molecule has 5 heteroatoms. The van der Waals surface area contributed by atoms with Crippen molar-refractivity contribution in [3.8, 4) is 0 Å². The van der Waals surface area contributed by atoms with Crippen LogP contribution in [-0.2, 0) is 9.84 Å². The van der Waals surface area contributed by atoms with Gasteiger partial charge in [-0.2, -0.15) is 0 Å². The third kappa shape index (κ3) is 2.82. The summed E-state index contributed by atoms with van der Waals surface area (Å²) in [5.74, 6) is 1.26. The molecule has 1 aliphatic carbocycles. The Labute approximate surface area is 120 Å². The number of sulfone groups is 1. The van der Waals surface area contributed by atoms with Crippen LogP contribution in [0.15, 0.2) is 4.42 Å². The van der Waals surface area contributed by atoms with E-state index in [4.69, 9.17) is 4.42 Å². The Bertz CT molecular complexity index is 625. The normalized spacial score (nSPS) is 23.8. The Hall–Kier alpha value is -1.10. The molecule has 4 nitrogen and oxygen atoms in total. The first-order valence-electron chi connectivity index (χ1n) is 7.01. The molecule has 0 N–H and O–H groups in total. The maximum absolute atomic E-state index is 12.7. The lowest BCUT2D eigenvalue weighted by Crippen LogP contribution is -2.31. The molecule has 1 saturated carbocycles. The van der Waals surface area contributed by atoms with Gasteiger partial charge in [-0.05, 0) is 40.0 Å². The molecule has 112 valence electrons. The van der Waals surface area contributed by atoms with Crippen LogP contribution in [0.4, 0.5) is 0 Å². The predicted octanol–water partition coefficient (Wildman–Crippen LogP) is 2.99. The van der Waals surface area contributed by atoms with Gasteiger partial charge in [0.2, 0.25) is 0 Å². The molecule has 0 amide bonds. The van der Waals surface area contributed by atoms with Crippen molar-refractivity contribution < 1.29 is 17.6 Å². The molecular formula is C15H22O4S. The minimum Gasteiger partial charge on any atom is -0.466 e. The number of aryl methyl sites for hydroxylation is 2. The summed E-state index contributed by atoms with van der Waals surface area (Å²) < 4.78 is 28.9. The second kappa shape index (κ2) is 5.35. The third-order valence-corrected chi connectivity index (χ3v) is 6.05. The van der Waals surface area contributed by atoms with E-state index in [0.29, 0.717) is 24.2 Å². The Morgan fingerprint density at radius 1 is 1.15 bits per heavy atom. The van der Waals surface area contributed by atoms with Crippen molar-refractivity contribution in [1.82, 2.24) is 0 Å². The van der Waals surface area contributed by atoms with Crippen molar-refractivity contribution in [2.24, 2.45) is 5.92 Å². The molecule has 1 fully saturated rings. The van der Waals surface area contributed by atoms with Gasteiger partial charge < -0.3 is 4.42 Å². The van der Waals surface area contributed by atoms with E-state index >= 15 is 0 Å². The maximum Gasteiger partial charge on any atom is 0.169 e. The average Bonchev–Trinajstić information content (AvgIpc) is 2.62. The number of Topliss-reactive ketones (excluding diaryl/α,β-unsaturated/α-hetero) is 1. The number of hydrogen-bond donors (Lipinski definition) is 0. The van der Waals surface area contributed by atoms with Gasteiger partial charge in [0.1, 0.15) is 21.4 Å². The van der Waals surface area contributed by atoms with Gasteiger partial charge in [-0.15, -0.1) is 0 Å². The molecule has 0 bridgehead atoms. The van der Waals surface area contributed by atoms with Crippen LogP contribution in [-0.4, -0.2) is 25.7 Å². The van der Waals surface area contributed by atoms with Crippen LogP contribution in [0.1, 0.15) is 53.1 Å². The van der Waals surface area contributed by atoms with Crippen molar-refractivity contribution in [3.05, 3.63) is 22.6 Å². The minimum absolute atomic E-state index is 0.0465. The minimum atomic E-state index is -3.07. The Balaban J connectivity index is 2.25. The summed E-state index contributed by atoms with van der Waals surface area (Å²) in [7, 11) is -3.07. The fourth-order valence-corrected chi connectivity index (χ4v) is 4.31. The Morgan fingerprint density at radius 3 is 2.30 bits per heavy atom. The number of carbonyl (C=O) groups is 1. The second-order valence-electron chi connectivity index (χ2n) is 5.89. The first kappa shape index (κ1) is 15.3. The average molecular weight is 298 g/mol. The van der Waals surface area contributed by atoms with Gasteiger partial charge in [0.15, 0.2) is 5.78 Å². The molecule has 0 saturated heterocycles. The van der Waals surface area contributed by atoms with E-state index in [0.717, 1.165) is 24.2 Å².